The van der Waals surface area contributed by atoms with E-state index < -0.39 is 11.7 Å². The normalized spacial score (nSPS) is 23.0. The zero-order valence-corrected chi connectivity index (χ0v) is 12.6. The summed E-state index contributed by atoms with van der Waals surface area (Å²) in [6.07, 6.45) is 1.75. The van der Waals surface area contributed by atoms with Crippen molar-refractivity contribution in [3.05, 3.63) is 34.0 Å². The number of hydrogen-bond acceptors (Lipinski definition) is 1. The van der Waals surface area contributed by atoms with Gasteiger partial charge in [0, 0.05) is 28.8 Å². The van der Waals surface area contributed by atoms with Crippen LogP contribution >= 0.6 is 0 Å². The molecule has 1 fully saturated rings. The number of nitrogens with zero attached hydrogens (tertiary/aromatic N) is 1. The molecule has 21 heavy (non-hydrogen) atoms. The maximum absolute atomic E-state index is 13.2. The molecule has 1 heterocycles. The summed E-state index contributed by atoms with van der Waals surface area (Å²) in [6.45, 7) is 7.58. The van der Waals surface area contributed by atoms with Crippen molar-refractivity contribution in [2.24, 2.45) is 0 Å². The van der Waals surface area contributed by atoms with E-state index in [1.54, 1.807) is 10.6 Å². The van der Waals surface area contributed by atoms with E-state index >= 15 is 0 Å². The van der Waals surface area contributed by atoms with E-state index in [1.165, 1.54) is 12.3 Å². The van der Waals surface area contributed by atoms with E-state index in [9.17, 15) is 13.2 Å². The number of allylic oxidation sites excluding steroid dienone is 2. The predicted octanol–water partition coefficient (Wildman–Crippen LogP) is 2.59. The monoisotopic (exact) mass is 298 g/mol. The third-order valence-corrected chi connectivity index (χ3v) is 3.98. The van der Waals surface area contributed by atoms with Crippen LogP contribution in [0.3, 0.4) is 0 Å². The molecular weight excluding hydrogens is 277 g/mol. The lowest BCUT2D eigenvalue weighted by molar-refractivity contribution is -0.138. The number of alkyl halides is 3. The fourth-order valence-corrected chi connectivity index (χ4v) is 2.62. The average molecular weight is 298 g/mol. The fraction of sp³-hybridized carbons (Fsp3) is 0.500. The quantitative estimate of drug-likeness (QED) is 0.907. The van der Waals surface area contributed by atoms with Gasteiger partial charge in [-0.15, -0.1) is 0 Å². The van der Waals surface area contributed by atoms with Gasteiger partial charge in [0.15, 0.2) is 0 Å². The average Bonchev–Trinajstić information content (AvgIpc) is 2.63. The van der Waals surface area contributed by atoms with Crippen LogP contribution in [0, 0.1) is 0 Å². The Bertz CT molecular complexity index is 642. The molecule has 0 radical (unpaired) electrons. The lowest BCUT2D eigenvalue weighted by Crippen LogP contribution is -2.43. The van der Waals surface area contributed by atoms with Gasteiger partial charge in [-0.1, -0.05) is 24.3 Å². The van der Waals surface area contributed by atoms with E-state index in [4.69, 9.17) is 0 Å². The fourth-order valence-electron chi connectivity index (χ4n) is 2.62. The van der Waals surface area contributed by atoms with Gasteiger partial charge >= 0.3 is 6.18 Å². The number of halogens is 3. The van der Waals surface area contributed by atoms with Crippen LogP contribution in [0.2, 0.25) is 0 Å². The molecule has 2 rings (SSSR count). The predicted molar refractivity (Wildman–Crippen MR) is 79.2 cm³/mol. The van der Waals surface area contributed by atoms with Crippen LogP contribution in [0.15, 0.2) is 17.8 Å². The standard InChI is InChI=1S/C16H21F3N2/c1-10(2)5-6-14-11(3)21(9-15(14)16(17,18)19)13-7-12(8-13)20-4/h5-6,9,12-13,20H,3,7-8H2,1-2,4H3/b14-6+. The van der Waals surface area contributed by atoms with Crippen LogP contribution in [0.25, 0.3) is 12.7 Å². The van der Waals surface area contributed by atoms with Crippen LogP contribution in [-0.4, -0.2) is 17.7 Å². The molecule has 0 unspecified atom stereocenters. The Kier molecular flexibility index (Phi) is 4.33. The number of nitrogens with one attached hydrogen (secondary N) is 1. The highest BCUT2D eigenvalue weighted by molar-refractivity contribution is 5.42. The molecule has 1 aliphatic carbocycles. The number of rotatable bonds is 3. The number of hydrogen-bond donors (Lipinski definition) is 1. The van der Waals surface area contributed by atoms with E-state index in [1.807, 2.05) is 20.9 Å². The van der Waals surface area contributed by atoms with Crippen molar-refractivity contribution in [1.82, 2.24) is 9.88 Å². The van der Waals surface area contributed by atoms with Gasteiger partial charge < -0.3 is 9.88 Å². The maximum Gasteiger partial charge on any atom is 0.418 e. The zero-order valence-electron chi connectivity index (χ0n) is 12.6. The summed E-state index contributed by atoms with van der Waals surface area (Å²) in [6, 6.07) is 0.487. The third-order valence-electron chi connectivity index (χ3n) is 3.98. The lowest BCUT2D eigenvalue weighted by Gasteiger charge is -2.36. The van der Waals surface area contributed by atoms with E-state index in [-0.39, 0.29) is 11.3 Å². The Morgan fingerprint density at radius 3 is 2.48 bits per heavy atom. The molecule has 0 amide bonds. The smallest absolute Gasteiger partial charge is 0.344 e. The Hall–Kier alpha value is -1.49. The summed E-state index contributed by atoms with van der Waals surface area (Å²) in [5.74, 6) is 0. The van der Waals surface area contributed by atoms with Crippen LogP contribution in [0.5, 0.6) is 0 Å². The second-order valence-corrected chi connectivity index (χ2v) is 5.83. The van der Waals surface area contributed by atoms with Crippen molar-refractivity contribution in [1.29, 1.82) is 0 Å². The Balaban J connectivity index is 2.49. The van der Waals surface area contributed by atoms with E-state index in [2.05, 4.69) is 11.9 Å². The Morgan fingerprint density at radius 1 is 1.38 bits per heavy atom. The molecule has 0 spiro atoms. The van der Waals surface area contributed by atoms with Crippen molar-refractivity contribution in [3.63, 3.8) is 0 Å². The van der Waals surface area contributed by atoms with E-state index in [0.29, 0.717) is 11.4 Å². The highest BCUT2D eigenvalue weighted by Gasteiger charge is 2.36. The first-order valence-electron chi connectivity index (χ1n) is 7.03. The van der Waals surface area contributed by atoms with Gasteiger partial charge in [-0.3, -0.25) is 0 Å². The minimum Gasteiger partial charge on any atom is -0.344 e. The SMILES string of the molecule is C=c1/c(=C\C=C(C)C)c(C(F)(F)F)cn1C1CC(NC)C1. The molecule has 1 saturated carbocycles. The van der Waals surface area contributed by atoms with Crippen molar-refractivity contribution < 1.29 is 13.2 Å². The van der Waals surface area contributed by atoms with Gasteiger partial charge in [-0.2, -0.15) is 13.2 Å². The minimum absolute atomic E-state index is 0.102. The molecule has 0 aromatic carbocycles. The lowest BCUT2D eigenvalue weighted by atomic mass is 9.87. The van der Waals surface area contributed by atoms with Crippen LogP contribution in [0.1, 0.15) is 38.3 Å². The van der Waals surface area contributed by atoms with Crippen molar-refractivity contribution in [2.45, 2.75) is 44.9 Å². The summed E-state index contributed by atoms with van der Waals surface area (Å²) in [5, 5.41) is 3.76. The first-order chi connectivity index (χ1) is 9.74. The van der Waals surface area contributed by atoms with Crippen LogP contribution in [0.4, 0.5) is 13.2 Å². The molecule has 116 valence electrons. The maximum atomic E-state index is 13.2. The summed E-state index contributed by atoms with van der Waals surface area (Å²) in [4.78, 5) is 0. The second kappa shape index (κ2) is 5.72. The molecule has 1 aromatic heterocycles. The highest BCUT2D eigenvalue weighted by atomic mass is 19.4. The Morgan fingerprint density at radius 2 is 2.00 bits per heavy atom. The topological polar surface area (TPSA) is 17.0 Å². The van der Waals surface area contributed by atoms with Crippen molar-refractivity contribution in [3.8, 4) is 0 Å². The molecule has 0 bridgehead atoms. The van der Waals surface area contributed by atoms with Gasteiger partial charge in [0.05, 0.1) is 5.56 Å². The minimum atomic E-state index is -4.36. The molecular formula is C16H21F3N2. The third kappa shape index (κ3) is 3.23. The van der Waals surface area contributed by atoms with Gasteiger partial charge in [-0.05, 0) is 33.7 Å². The molecule has 1 aromatic rings. The molecule has 0 aliphatic heterocycles. The second-order valence-electron chi connectivity index (χ2n) is 5.83. The van der Waals surface area contributed by atoms with Gasteiger partial charge in [0.1, 0.15) is 0 Å². The van der Waals surface area contributed by atoms with Gasteiger partial charge in [0.2, 0.25) is 0 Å². The van der Waals surface area contributed by atoms with E-state index in [0.717, 1.165) is 18.4 Å². The van der Waals surface area contributed by atoms with Gasteiger partial charge in [-0.25, -0.2) is 0 Å². The largest absolute Gasteiger partial charge is 0.418 e. The molecule has 1 aliphatic rings. The molecule has 0 atom stereocenters. The van der Waals surface area contributed by atoms with Crippen molar-refractivity contribution >= 4 is 12.7 Å². The molecule has 5 heteroatoms. The summed E-state index contributed by atoms with van der Waals surface area (Å²) < 4.78 is 41.3. The first-order valence-corrected chi connectivity index (χ1v) is 7.03. The molecule has 2 nitrogen and oxygen atoms in total. The first kappa shape index (κ1) is 15.9. The summed E-state index contributed by atoms with van der Waals surface area (Å²) in [5.41, 5.74) is 0.354. The number of aromatic nitrogens is 1. The molecule has 0 saturated heterocycles. The van der Waals surface area contributed by atoms with Crippen molar-refractivity contribution in [2.75, 3.05) is 7.05 Å². The summed E-state index contributed by atoms with van der Waals surface area (Å²) in [7, 11) is 1.87. The van der Waals surface area contributed by atoms with Gasteiger partial charge in [0.25, 0.3) is 0 Å². The van der Waals surface area contributed by atoms with Crippen LogP contribution < -0.4 is 15.9 Å². The van der Waals surface area contributed by atoms with Crippen LogP contribution in [-0.2, 0) is 6.18 Å². The molecule has 1 N–H and O–H groups in total. The summed E-state index contributed by atoms with van der Waals surface area (Å²) >= 11 is 0. The zero-order chi connectivity index (χ0) is 15.8. The Labute approximate surface area is 122 Å². The highest BCUT2D eigenvalue weighted by Crippen LogP contribution is 2.33.